The van der Waals surface area contributed by atoms with Crippen LogP contribution in [0.3, 0.4) is 0 Å². The molecule has 0 heterocycles. The molecule has 2 rings (SSSR count). The zero-order chi connectivity index (χ0) is 15.4. The van der Waals surface area contributed by atoms with Gasteiger partial charge in [0.2, 0.25) is 5.91 Å². The second-order valence-corrected chi connectivity index (χ2v) is 5.57. The van der Waals surface area contributed by atoms with E-state index >= 15 is 0 Å². The molecule has 21 heavy (non-hydrogen) atoms. The highest BCUT2D eigenvalue weighted by atomic mass is 79.9. The van der Waals surface area contributed by atoms with Crippen LogP contribution in [0.2, 0.25) is 0 Å². The van der Waals surface area contributed by atoms with Gasteiger partial charge in [-0.1, -0.05) is 40.2 Å². The molecule has 0 radical (unpaired) electrons. The van der Waals surface area contributed by atoms with Crippen LogP contribution in [0.4, 0.5) is 5.69 Å². The first-order chi connectivity index (χ1) is 9.97. The van der Waals surface area contributed by atoms with Crippen LogP contribution in [0.25, 0.3) is 0 Å². The number of benzene rings is 2. The van der Waals surface area contributed by atoms with E-state index in [0.717, 1.165) is 10.0 Å². The molecule has 5 heteroatoms. The number of rotatable bonds is 4. The Morgan fingerprint density at radius 3 is 2.43 bits per heavy atom. The zero-order valence-electron chi connectivity index (χ0n) is 11.4. The molecule has 0 unspecified atom stereocenters. The fourth-order valence-electron chi connectivity index (χ4n) is 2.04. The number of hydrogen-bond donors (Lipinski definition) is 2. The molecule has 2 aromatic carbocycles. The van der Waals surface area contributed by atoms with Gasteiger partial charge in [-0.15, -0.1) is 0 Å². The van der Waals surface area contributed by atoms with Crippen molar-refractivity contribution >= 4 is 33.5 Å². The molecule has 0 aliphatic carbocycles. The van der Waals surface area contributed by atoms with Crippen molar-refractivity contribution in [3.8, 4) is 0 Å². The summed E-state index contributed by atoms with van der Waals surface area (Å²) in [5.74, 6) is -1.29. The van der Waals surface area contributed by atoms with E-state index in [2.05, 4.69) is 21.2 Å². The van der Waals surface area contributed by atoms with E-state index in [4.69, 9.17) is 0 Å². The Balaban J connectivity index is 2.15. The van der Waals surface area contributed by atoms with Crippen molar-refractivity contribution in [2.75, 3.05) is 5.32 Å². The molecule has 0 spiro atoms. The molecule has 0 saturated carbocycles. The van der Waals surface area contributed by atoms with Gasteiger partial charge in [-0.3, -0.25) is 4.79 Å². The van der Waals surface area contributed by atoms with Gasteiger partial charge in [-0.2, -0.15) is 0 Å². The fraction of sp³-hybridized carbons (Fsp3) is 0.125. The Hall–Kier alpha value is -2.14. The lowest BCUT2D eigenvalue weighted by atomic mass is 10.1. The number of carboxylic acids is 1. The molecule has 108 valence electrons. The standard InChI is InChI=1S/C16H14BrNO3/c1-10-3-2-4-13(15(10)16(20)21)18-14(19)9-11-5-7-12(17)8-6-11/h2-8H,9H2,1H3,(H,18,19)(H,20,21). The summed E-state index contributed by atoms with van der Waals surface area (Å²) in [6.45, 7) is 1.70. The Labute approximate surface area is 130 Å². The number of hydrogen-bond acceptors (Lipinski definition) is 2. The molecular formula is C16H14BrNO3. The van der Waals surface area contributed by atoms with Gasteiger partial charge in [0.05, 0.1) is 17.7 Å². The van der Waals surface area contributed by atoms with Crippen LogP contribution in [-0.2, 0) is 11.2 Å². The number of carboxylic acid groups (broad SMARTS) is 1. The Morgan fingerprint density at radius 2 is 1.81 bits per heavy atom. The summed E-state index contributed by atoms with van der Waals surface area (Å²) in [6.07, 6.45) is 0.195. The molecule has 0 aliphatic rings. The number of carbonyl (C=O) groups excluding carboxylic acids is 1. The molecule has 0 aliphatic heterocycles. The number of aryl methyl sites for hydroxylation is 1. The lowest BCUT2D eigenvalue weighted by Crippen LogP contribution is -2.17. The normalized spacial score (nSPS) is 10.2. The molecule has 0 fully saturated rings. The van der Waals surface area contributed by atoms with E-state index < -0.39 is 5.97 Å². The highest BCUT2D eigenvalue weighted by Crippen LogP contribution is 2.20. The average Bonchev–Trinajstić information content (AvgIpc) is 2.41. The van der Waals surface area contributed by atoms with Crippen LogP contribution in [0.5, 0.6) is 0 Å². The highest BCUT2D eigenvalue weighted by Gasteiger charge is 2.14. The molecule has 0 saturated heterocycles. The second kappa shape index (κ2) is 6.54. The van der Waals surface area contributed by atoms with Gasteiger partial charge < -0.3 is 10.4 Å². The largest absolute Gasteiger partial charge is 0.478 e. The minimum atomic E-state index is -1.05. The molecule has 2 N–H and O–H groups in total. The number of halogens is 1. The van der Waals surface area contributed by atoms with Crippen LogP contribution < -0.4 is 5.32 Å². The first-order valence-electron chi connectivity index (χ1n) is 6.34. The quantitative estimate of drug-likeness (QED) is 0.887. The lowest BCUT2D eigenvalue weighted by Gasteiger charge is -2.10. The van der Waals surface area contributed by atoms with E-state index in [9.17, 15) is 14.7 Å². The minimum Gasteiger partial charge on any atom is -0.478 e. The molecule has 0 atom stereocenters. The van der Waals surface area contributed by atoms with Crippen LogP contribution in [0, 0.1) is 6.92 Å². The van der Waals surface area contributed by atoms with Gasteiger partial charge >= 0.3 is 5.97 Å². The van der Waals surface area contributed by atoms with Crippen LogP contribution in [-0.4, -0.2) is 17.0 Å². The summed E-state index contributed by atoms with van der Waals surface area (Å²) < 4.78 is 0.943. The number of aromatic carboxylic acids is 1. The summed E-state index contributed by atoms with van der Waals surface area (Å²) in [4.78, 5) is 23.3. The van der Waals surface area contributed by atoms with Crippen molar-refractivity contribution in [2.45, 2.75) is 13.3 Å². The monoisotopic (exact) mass is 347 g/mol. The van der Waals surface area contributed by atoms with Crippen molar-refractivity contribution in [3.63, 3.8) is 0 Å². The maximum atomic E-state index is 12.0. The van der Waals surface area contributed by atoms with Gasteiger partial charge in [0.15, 0.2) is 0 Å². The summed E-state index contributed by atoms with van der Waals surface area (Å²) in [5.41, 5.74) is 1.93. The van der Waals surface area contributed by atoms with Crippen LogP contribution in [0.1, 0.15) is 21.5 Å². The van der Waals surface area contributed by atoms with Crippen molar-refractivity contribution in [1.29, 1.82) is 0 Å². The fourth-order valence-corrected chi connectivity index (χ4v) is 2.30. The third-order valence-corrected chi connectivity index (χ3v) is 3.57. The number of carbonyl (C=O) groups is 2. The number of amides is 1. The zero-order valence-corrected chi connectivity index (χ0v) is 13.0. The van der Waals surface area contributed by atoms with E-state index in [1.165, 1.54) is 0 Å². The molecule has 0 aromatic heterocycles. The first kappa shape index (κ1) is 15.3. The maximum absolute atomic E-state index is 12.0. The van der Waals surface area contributed by atoms with E-state index in [0.29, 0.717) is 11.3 Å². The van der Waals surface area contributed by atoms with Crippen molar-refractivity contribution < 1.29 is 14.7 Å². The first-order valence-corrected chi connectivity index (χ1v) is 7.14. The summed E-state index contributed by atoms with van der Waals surface area (Å²) >= 11 is 3.33. The summed E-state index contributed by atoms with van der Waals surface area (Å²) in [7, 11) is 0. The topological polar surface area (TPSA) is 66.4 Å². The maximum Gasteiger partial charge on any atom is 0.338 e. The van der Waals surface area contributed by atoms with Gasteiger partial charge in [0.25, 0.3) is 0 Å². The third-order valence-electron chi connectivity index (χ3n) is 3.04. The number of anilines is 1. The lowest BCUT2D eigenvalue weighted by molar-refractivity contribution is -0.115. The molecule has 2 aromatic rings. The Kier molecular flexibility index (Phi) is 4.75. The van der Waals surface area contributed by atoms with E-state index in [-0.39, 0.29) is 17.9 Å². The Morgan fingerprint density at radius 1 is 1.14 bits per heavy atom. The average molecular weight is 348 g/mol. The highest BCUT2D eigenvalue weighted by molar-refractivity contribution is 9.10. The SMILES string of the molecule is Cc1cccc(NC(=O)Cc2ccc(Br)cc2)c1C(=O)O. The van der Waals surface area contributed by atoms with Gasteiger partial charge in [0.1, 0.15) is 0 Å². The third kappa shape index (κ3) is 3.92. The van der Waals surface area contributed by atoms with E-state index in [1.54, 1.807) is 25.1 Å². The van der Waals surface area contributed by atoms with Crippen molar-refractivity contribution in [2.24, 2.45) is 0 Å². The van der Waals surface area contributed by atoms with Gasteiger partial charge in [-0.05, 0) is 36.2 Å². The van der Waals surface area contributed by atoms with Gasteiger partial charge in [0, 0.05) is 4.47 Å². The molecular weight excluding hydrogens is 334 g/mol. The smallest absolute Gasteiger partial charge is 0.338 e. The molecule has 0 bridgehead atoms. The number of nitrogens with one attached hydrogen (secondary N) is 1. The van der Waals surface area contributed by atoms with Crippen LogP contribution >= 0.6 is 15.9 Å². The predicted octanol–water partition coefficient (Wildman–Crippen LogP) is 3.64. The summed E-state index contributed by atoms with van der Waals surface area (Å²) in [5, 5.41) is 11.9. The van der Waals surface area contributed by atoms with E-state index in [1.807, 2.05) is 24.3 Å². The second-order valence-electron chi connectivity index (χ2n) is 4.65. The van der Waals surface area contributed by atoms with Crippen molar-refractivity contribution in [1.82, 2.24) is 0 Å². The van der Waals surface area contributed by atoms with Crippen molar-refractivity contribution in [3.05, 3.63) is 63.6 Å². The Bertz CT molecular complexity index is 680. The molecule has 4 nitrogen and oxygen atoms in total. The van der Waals surface area contributed by atoms with Gasteiger partial charge in [-0.25, -0.2) is 4.79 Å². The van der Waals surface area contributed by atoms with Crippen LogP contribution in [0.15, 0.2) is 46.9 Å². The minimum absolute atomic E-state index is 0.127. The molecule has 1 amide bonds. The predicted molar refractivity (Wildman–Crippen MR) is 84.6 cm³/mol. The summed E-state index contributed by atoms with van der Waals surface area (Å²) in [6, 6.07) is 12.4.